The fourth-order valence-corrected chi connectivity index (χ4v) is 0.554. The van der Waals surface area contributed by atoms with Crippen molar-refractivity contribution < 1.29 is 4.74 Å². The van der Waals surface area contributed by atoms with Crippen LogP contribution < -0.4 is 0 Å². The van der Waals surface area contributed by atoms with Gasteiger partial charge in [0, 0.05) is 19.4 Å². The molecule has 1 heterocycles. The molecule has 9 heavy (non-hydrogen) atoms. The molecule has 0 bridgehead atoms. The second-order valence-electron chi connectivity index (χ2n) is 1.90. The second kappa shape index (κ2) is 3.12. The Kier molecular flexibility index (Phi) is 2.13. The fraction of sp³-hybridized carbons (Fsp3) is 0.500. The molecule has 1 rings (SSSR count). The van der Waals surface area contributed by atoms with Gasteiger partial charge in [-0.25, -0.2) is 4.99 Å². The van der Waals surface area contributed by atoms with Crippen LogP contribution >= 0.6 is 0 Å². The molecule has 0 N–H and O–H groups in total. The molecule has 50 valence electrons. The van der Waals surface area contributed by atoms with Crippen LogP contribution in [0.3, 0.4) is 0 Å². The van der Waals surface area contributed by atoms with Crippen LogP contribution in [0, 0.1) is 0 Å². The minimum Gasteiger partial charge on any atom is -0.481 e. The molecule has 1 aliphatic heterocycles. The van der Waals surface area contributed by atoms with Gasteiger partial charge in [0.2, 0.25) is 0 Å². The summed E-state index contributed by atoms with van der Waals surface area (Å²) in [5, 5.41) is 0. The predicted molar refractivity (Wildman–Crippen MR) is 36.2 cm³/mol. The summed E-state index contributed by atoms with van der Waals surface area (Å²) >= 11 is 0. The van der Waals surface area contributed by atoms with E-state index in [1.54, 1.807) is 6.20 Å². The standard InChI is InChI=1S/C6H10N2O/c1-8-3-2-7-6-9-5-4-8/h2-3,6H,4-5H2,1H3. The number of hydrogen-bond acceptors (Lipinski definition) is 3. The summed E-state index contributed by atoms with van der Waals surface area (Å²) < 4.78 is 4.96. The molecule has 1 aliphatic rings. The third kappa shape index (κ3) is 2.17. The zero-order chi connectivity index (χ0) is 6.53. The van der Waals surface area contributed by atoms with Crippen molar-refractivity contribution in [2.24, 2.45) is 4.99 Å². The molecule has 0 aromatic carbocycles. The predicted octanol–water partition coefficient (Wildman–Crippen LogP) is 0.448. The van der Waals surface area contributed by atoms with E-state index in [9.17, 15) is 0 Å². The number of hydrogen-bond donors (Lipinski definition) is 0. The van der Waals surface area contributed by atoms with Crippen LogP contribution in [0.2, 0.25) is 0 Å². The van der Waals surface area contributed by atoms with Gasteiger partial charge in [0.15, 0.2) is 6.40 Å². The van der Waals surface area contributed by atoms with Gasteiger partial charge in [-0.15, -0.1) is 0 Å². The molecule has 0 saturated heterocycles. The van der Waals surface area contributed by atoms with Crippen molar-refractivity contribution in [3.8, 4) is 0 Å². The molecule has 0 atom stereocenters. The van der Waals surface area contributed by atoms with E-state index in [0.717, 1.165) is 6.54 Å². The Morgan fingerprint density at radius 1 is 1.67 bits per heavy atom. The van der Waals surface area contributed by atoms with E-state index >= 15 is 0 Å². The molecule has 0 fully saturated rings. The van der Waals surface area contributed by atoms with Gasteiger partial charge in [-0.2, -0.15) is 0 Å². The first-order valence-electron chi connectivity index (χ1n) is 2.90. The molecular weight excluding hydrogens is 116 g/mol. The number of likely N-dealkylation sites (N-methyl/N-ethyl adjacent to an activating group) is 1. The first-order chi connectivity index (χ1) is 4.39. The van der Waals surface area contributed by atoms with Gasteiger partial charge in [0.1, 0.15) is 6.61 Å². The van der Waals surface area contributed by atoms with Gasteiger partial charge in [0.05, 0.1) is 6.54 Å². The monoisotopic (exact) mass is 126 g/mol. The largest absolute Gasteiger partial charge is 0.481 e. The number of aliphatic imine (C=N–C) groups is 1. The van der Waals surface area contributed by atoms with Gasteiger partial charge >= 0.3 is 0 Å². The minimum atomic E-state index is 0.713. The first kappa shape index (κ1) is 6.13. The van der Waals surface area contributed by atoms with Gasteiger partial charge < -0.3 is 9.64 Å². The highest BCUT2D eigenvalue weighted by Gasteiger charge is 1.90. The average Bonchev–Trinajstić information content (AvgIpc) is 1.79. The molecule has 0 spiro atoms. The van der Waals surface area contributed by atoms with Gasteiger partial charge in [-0.3, -0.25) is 0 Å². The molecule has 3 heteroatoms. The van der Waals surface area contributed by atoms with E-state index < -0.39 is 0 Å². The van der Waals surface area contributed by atoms with E-state index in [1.807, 2.05) is 18.1 Å². The lowest BCUT2D eigenvalue weighted by molar-refractivity contribution is 0.270. The van der Waals surface area contributed by atoms with Crippen LogP contribution in [0.5, 0.6) is 0 Å². The van der Waals surface area contributed by atoms with Gasteiger partial charge in [-0.1, -0.05) is 0 Å². The van der Waals surface area contributed by atoms with Gasteiger partial charge in [0.25, 0.3) is 0 Å². The van der Waals surface area contributed by atoms with Crippen LogP contribution in [-0.2, 0) is 4.74 Å². The molecule has 0 radical (unpaired) electrons. The maximum absolute atomic E-state index is 4.96. The molecule has 3 nitrogen and oxygen atoms in total. The Morgan fingerprint density at radius 3 is 3.44 bits per heavy atom. The molecule has 0 aliphatic carbocycles. The second-order valence-corrected chi connectivity index (χ2v) is 1.90. The summed E-state index contributed by atoms with van der Waals surface area (Å²) in [7, 11) is 1.99. The molecule has 0 saturated carbocycles. The van der Waals surface area contributed by atoms with E-state index in [2.05, 4.69) is 4.99 Å². The summed E-state index contributed by atoms with van der Waals surface area (Å²) in [4.78, 5) is 5.84. The molecule has 0 aromatic rings. The maximum atomic E-state index is 4.96. The van der Waals surface area contributed by atoms with E-state index in [4.69, 9.17) is 4.74 Å². The van der Waals surface area contributed by atoms with Crippen molar-refractivity contribution in [3.63, 3.8) is 0 Å². The lowest BCUT2D eigenvalue weighted by atomic mass is 10.6. The fourth-order valence-electron chi connectivity index (χ4n) is 0.554. The highest BCUT2D eigenvalue weighted by atomic mass is 16.5. The van der Waals surface area contributed by atoms with E-state index in [0.29, 0.717) is 6.61 Å². The highest BCUT2D eigenvalue weighted by molar-refractivity contribution is 5.47. The smallest absolute Gasteiger partial charge is 0.174 e. The van der Waals surface area contributed by atoms with E-state index in [1.165, 1.54) is 6.40 Å². The first-order valence-corrected chi connectivity index (χ1v) is 2.90. The third-order valence-electron chi connectivity index (χ3n) is 1.10. The Bertz CT molecular complexity index is 131. The SMILES string of the molecule is CN1C=CN=COCC1. The highest BCUT2D eigenvalue weighted by Crippen LogP contribution is 1.88. The maximum Gasteiger partial charge on any atom is 0.174 e. The molecule has 0 unspecified atom stereocenters. The summed E-state index contributed by atoms with van der Waals surface area (Å²) in [5.74, 6) is 0. The van der Waals surface area contributed by atoms with E-state index in [-0.39, 0.29) is 0 Å². The lowest BCUT2D eigenvalue weighted by Gasteiger charge is -2.13. The third-order valence-corrected chi connectivity index (χ3v) is 1.10. The van der Waals surface area contributed by atoms with Crippen LogP contribution in [0.25, 0.3) is 0 Å². The quantitative estimate of drug-likeness (QED) is 0.470. The summed E-state index contributed by atoms with van der Waals surface area (Å²) in [5.41, 5.74) is 0. The van der Waals surface area contributed by atoms with Crippen LogP contribution in [0.1, 0.15) is 0 Å². The lowest BCUT2D eigenvalue weighted by Crippen LogP contribution is -2.17. The topological polar surface area (TPSA) is 24.8 Å². The Hall–Kier alpha value is -0.990. The van der Waals surface area contributed by atoms with Crippen LogP contribution in [-0.4, -0.2) is 31.5 Å². The van der Waals surface area contributed by atoms with Crippen LogP contribution in [0.4, 0.5) is 0 Å². The molecular formula is C6H10N2O. The minimum absolute atomic E-state index is 0.713. The normalized spacial score (nSPS) is 18.6. The van der Waals surface area contributed by atoms with Crippen molar-refractivity contribution in [1.29, 1.82) is 0 Å². The summed E-state index contributed by atoms with van der Waals surface area (Å²) in [6, 6.07) is 0. The Labute approximate surface area is 54.6 Å². The summed E-state index contributed by atoms with van der Waals surface area (Å²) in [6.07, 6.45) is 5.08. The molecule has 0 aromatic heterocycles. The number of nitrogens with zero attached hydrogens (tertiary/aromatic N) is 2. The van der Waals surface area contributed by atoms with Crippen molar-refractivity contribution >= 4 is 6.40 Å². The van der Waals surface area contributed by atoms with Gasteiger partial charge in [-0.05, 0) is 0 Å². The number of ether oxygens (including phenoxy) is 1. The zero-order valence-electron chi connectivity index (χ0n) is 5.45. The number of rotatable bonds is 0. The van der Waals surface area contributed by atoms with Crippen molar-refractivity contribution in [1.82, 2.24) is 4.90 Å². The zero-order valence-corrected chi connectivity index (χ0v) is 5.45. The van der Waals surface area contributed by atoms with Crippen molar-refractivity contribution in [2.75, 3.05) is 20.2 Å². The Balaban J connectivity index is 2.44. The van der Waals surface area contributed by atoms with Crippen molar-refractivity contribution in [2.45, 2.75) is 0 Å². The Morgan fingerprint density at radius 2 is 2.56 bits per heavy atom. The van der Waals surface area contributed by atoms with Crippen LogP contribution in [0.15, 0.2) is 17.4 Å². The summed E-state index contributed by atoms with van der Waals surface area (Å²) in [6.45, 7) is 1.63. The average molecular weight is 126 g/mol. The molecule has 0 amide bonds. The van der Waals surface area contributed by atoms with Crippen molar-refractivity contribution in [3.05, 3.63) is 12.4 Å².